The van der Waals surface area contributed by atoms with Crippen molar-refractivity contribution in [2.24, 2.45) is 0 Å². The van der Waals surface area contributed by atoms with Crippen LogP contribution < -0.4 is 16.0 Å². The number of amides is 1. The van der Waals surface area contributed by atoms with Crippen molar-refractivity contribution in [2.45, 2.75) is 55.1 Å². The number of fused-ring (bicyclic) bond motifs is 1. The summed E-state index contributed by atoms with van der Waals surface area (Å²) in [5.41, 5.74) is 1.52. The van der Waals surface area contributed by atoms with Crippen LogP contribution in [0.15, 0.2) is 35.5 Å². The fourth-order valence-electron chi connectivity index (χ4n) is 4.60. The van der Waals surface area contributed by atoms with E-state index < -0.39 is 9.52 Å². The molecular formula is C24H30N6O2S3. The Morgan fingerprint density at radius 2 is 1.80 bits per heavy atom. The summed E-state index contributed by atoms with van der Waals surface area (Å²) in [7, 11) is -1.95. The lowest BCUT2D eigenvalue weighted by atomic mass is 10.1. The standard InChI is InChI=1S/C24H30N6O2S3/c1-33-19-13-25-23(26-14-19)28-17-4-5-18(12-17)29-24-30-20-6-3-15(11-21(20)34-24)22(31)27-16-7-9-35(2,32)10-8-16/h3,6,11,13-14,16-18H,2,4-5,7-10,12H2,1H3,(H,27,31)(H,29,30)(H,25,26,28)/t16?,17-,18-,35?/m0/s1. The fraction of sp³-hybridized carbons (Fsp3) is 0.458. The van der Waals surface area contributed by atoms with Crippen LogP contribution in [0.25, 0.3) is 10.2 Å². The van der Waals surface area contributed by atoms with Crippen molar-refractivity contribution in [3.8, 4) is 0 Å². The lowest BCUT2D eigenvalue weighted by Gasteiger charge is -2.25. The van der Waals surface area contributed by atoms with Crippen LogP contribution in [0.3, 0.4) is 0 Å². The largest absolute Gasteiger partial charge is 0.359 e. The summed E-state index contributed by atoms with van der Waals surface area (Å²) in [4.78, 5) is 27.3. The molecule has 2 atom stereocenters. The predicted octanol–water partition coefficient (Wildman–Crippen LogP) is 3.86. The molecule has 0 spiro atoms. The maximum atomic E-state index is 12.8. The van der Waals surface area contributed by atoms with Crippen LogP contribution in [0.1, 0.15) is 42.5 Å². The highest BCUT2D eigenvalue weighted by molar-refractivity contribution is 8.00. The summed E-state index contributed by atoms with van der Waals surface area (Å²) < 4.78 is 13.0. The number of rotatable bonds is 7. The average Bonchev–Trinajstić information content (AvgIpc) is 3.46. The Morgan fingerprint density at radius 1 is 1.09 bits per heavy atom. The lowest BCUT2D eigenvalue weighted by molar-refractivity contribution is 0.0934. The zero-order chi connectivity index (χ0) is 24.4. The maximum Gasteiger partial charge on any atom is 0.251 e. The minimum Gasteiger partial charge on any atom is -0.359 e. The molecule has 1 aromatic carbocycles. The van der Waals surface area contributed by atoms with Gasteiger partial charge < -0.3 is 16.0 Å². The SMILES string of the molecule is C=S1(=O)CCC(NC(=O)c2ccc3nc(N[C@H]4CC[C@H](Nc5ncc(SC)cn5)C4)sc3c2)CC1. The van der Waals surface area contributed by atoms with Crippen molar-refractivity contribution in [1.82, 2.24) is 20.3 Å². The number of thioether (sulfide) groups is 1. The Kier molecular flexibility index (Phi) is 7.17. The summed E-state index contributed by atoms with van der Waals surface area (Å²) in [5.74, 6) is 5.54. The smallest absolute Gasteiger partial charge is 0.251 e. The van der Waals surface area contributed by atoms with Crippen LogP contribution in [0.4, 0.5) is 11.1 Å². The molecule has 35 heavy (non-hydrogen) atoms. The normalized spacial score (nSPS) is 26.5. The lowest BCUT2D eigenvalue weighted by Crippen LogP contribution is -2.40. The topological polar surface area (TPSA) is 109 Å². The summed E-state index contributed by atoms with van der Waals surface area (Å²) >= 11 is 3.21. The molecular weight excluding hydrogens is 501 g/mol. The van der Waals surface area contributed by atoms with Crippen molar-refractivity contribution >= 4 is 65.7 Å². The highest BCUT2D eigenvalue weighted by Gasteiger charge is 2.26. The summed E-state index contributed by atoms with van der Waals surface area (Å²) in [6.45, 7) is 0. The maximum absolute atomic E-state index is 12.8. The number of hydrogen-bond acceptors (Lipinski definition) is 9. The number of carbonyl (C=O) groups is 1. The highest BCUT2D eigenvalue weighted by Crippen LogP contribution is 2.31. The molecule has 1 amide bonds. The van der Waals surface area contributed by atoms with E-state index in [1.165, 1.54) is 0 Å². The molecule has 0 radical (unpaired) electrons. The third-order valence-corrected chi connectivity index (χ3v) is 10.2. The van der Waals surface area contributed by atoms with E-state index in [0.29, 0.717) is 35.1 Å². The third kappa shape index (κ3) is 6.07. The number of nitrogens with one attached hydrogen (secondary N) is 3. The van der Waals surface area contributed by atoms with E-state index in [9.17, 15) is 9.00 Å². The first-order valence-electron chi connectivity index (χ1n) is 11.8. The van der Waals surface area contributed by atoms with Crippen molar-refractivity contribution < 1.29 is 9.00 Å². The van der Waals surface area contributed by atoms with Crippen molar-refractivity contribution in [3.63, 3.8) is 0 Å². The van der Waals surface area contributed by atoms with Gasteiger partial charge in [0, 0.05) is 52.5 Å². The van der Waals surface area contributed by atoms with E-state index in [4.69, 9.17) is 4.98 Å². The summed E-state index contributed by atoms with van der Waals surface area (Å²) in [6, 6.07) is 6.36. The first-order valence-corrected chi connectivity index (χ1v) is 15.9. The van der Waals surface area contributed by atoms with Gasteiger partial charge in [0.25, 0.3) is 5.91 Å². The van der Waals surface area contributed by atoms with Gasteiger partial charge in [-0.2, -0.15) is 0 Å². The van der Waals surface area contributed by atoms with Gasteiger partial charge in [0.05, 0.1) is 10.2 Å². The van der Waals surface area contributed by atoms with Gasteiger partial charge in [-0.05, 0) is 72.0 Å². The van der Waals surface area contributed by atoms with Crippen molar-refractivity contribution in [3.05, 3.63) is 36.2 Å². The van der Waals surface area contributed by atoms with Gasteiger partial charge in [-0.15, -0.1) is 11.8 Å². The number of benzene rings is 1. The number of nitrogens with zero attached hydrogens (tertiary/aromatic N) is 3. The minimum atomic E-state index is -1.95. The second-order valence-corrected chi connectivity index (χ2v) is 13.9. The molecule has 186 valence electrons. The van der Waals surface area contributed by atoms with Crippen LogP contribution in [-0.4, -0.2) is 66.8 Å². The third-order valence-electron chi connectivity index (χ3n) is 6.62. The van der Waals surface area contributed by atoms with Gasteiger partial charge in [-0.1, -0.05) is 11.3 Å². The highest BCUT2D eigenvalue weighted by atomic mass is 32.2. The fourth-order valence-corrected chi connectivity index (χ4v) is 7.53. The minimum absolute atomic E-state index is 0.0611. The predicted molar refractivity (Wildman–Crippen MR) is 148 cm³/mol. The van der Waals surface area contributed by atoms with Crippen molar-refractivity contribution in [1.29, 1.82) is 0 Å². The molecule has 3 N–H and O–H groups in total. The van der Waals surface area contributed by atoms with Gasteiger partial charge in [-0.25, -0.2) is 15.0 Å². The van der Waals surface area contributed by atoms with Crippen molar-refractivity contribution in [2.75, 3.05) is 28.4 Å². The molecule has 2 aliphatic rings. The van der Waals surface area contributed by atoms with Gasteiger partial charge in [-0.3, -0.25) is 9.00 Å². The number of hydrogen-bond donors (Lipinski definition) is 3. The van der Waals surface area contributed by atoms with Gasteiger partial charge in [0.1, 0.15) is 0 Å². The number of aromatic nitrogens is 3. The van der Waals surface area contributed by atoms with Crippen LogP contribution in [0.2, 0.25) is 0 Å². The number of anilines is 2. The Bertz CT molecular complexity index is 1290. The van der Waals surface area contributed by atoms with E-state index >= 15 is 0 Å². The van der Waals surface area contributed by atoms with E-state index in [1.807, 2.05) is 36.8 Å². The van der Waals surface area contributed by atoms with Gasteiger partial charge in [0.15, 0.2) is 5.13 Å². The van der Waals surface area contributed by atoms with Crippen LogP contribution in [0, 0.1) is 0 Å². The molecule has 1 saturated carbocycles. The zero-order valence-electron chi connectivity index (χ0n) is 19.7. The molecule has 2 aromatic heterocycles. The Labute approximate surface area is 214 Å². The van der Waals surface area contributed by atoms with E-state index in [2.05, 4.69) is 31.8 Å². The number of carbonyl (C=O) groups excluding carboxylic acids is 1. The summed E-state index contributed by atoms with van der Waals surface area (Å²) in [5, 5.41) is 11.0. The molecule has 1 aliphatic heterocycles. The van der Waals surface area contributed by atoms with Gasteiger partial charge >= 0.3 is 0 Å². The molecule has 5 rings (SSSR count). The molecule has 1 saturated heterocycles. The van der Waals surface area contributed by atoms with Gasteiger partial charge in [0.2, 0.25) is 5.95 Å². The van der Waals surface area contributed by atoms with E-state index in [0.717, 1.165) is 52.3 Å². The van der Waals surface area contributed by atoms with Crippen LogP contribution in [-0.2, 0) is 9.52 Å². The molecule has 1 aliphatic carbocycles. The first-order chi connectivity index (χ1) is 16.9. The molecule has 3 aromatic rings. The molecule has 11 heteroatoms. The second-order valence-electron chi connectivity index (χ2n) is 9.27. The average molecular weight is 531 g/mol. The molecule has 0 bridgehead atoms. The Morgan fingerprint density at radius 3 is 2.51 bits per heavy atom. The van der Waals surface area contributed by atoms with Crippen LogP contribution in [0.5, 0.6) is 0 Å². The van der Waals surface area contributed by atoms with Crippen LogP contribution >= 0.6 is 23.1 Å². The molecule has 8 nitrogen and oxygen atoms in total. The van der Waals surface area contributed by atoms with E-state index in [-0.39, 0.29) is 11.9 Å². The zero-order valence-corrected chi connectivity index (χ0v) is 22.1. The quantitative estimate of drug-likeness (QED) is 0.312. The number of thiazole rings is 1. The second kappa shape index (κ2) is 10.3. The monoisotopic (exact) mass is 530 g/mol. The summed E-state index contributed by atoms with van der Waals surface area (Å²) in [6.07, 6.45) is 10.2. The Balaban J connectivity index is 1.17. The van der Waals surface area contributed by atoms with E-state index in [1.54, 1.807) is 23.1 Å². The first kappa shape index (κ1) is 24.3. The Hall–Kier alpha value is -2.37. The molecule has 2 fully saturated rings. The molecule has 0 unspecified atom stereocenters. The molecule has 3 heterocycles.